The molecule has 558 valence electrons. The van der Waals surface area contributed by atoms with Gasteiger partial charge in [-0.15, -0.1) is 0 Å². The molecule has 6 nitrogen and oxygen atoms in total. The summed E-state index contributed by atoms with van der Waals surface area (Å²) in [5, 5.41) is 0. The van der Waals surface area contributed by atoms with Crippen LogP contribution < -0.4 is 28.4 Å². The molecule has 6 aliphatic rings. The summed E-state index contributed by atoms with van der Waals surface area (Å²) in [4.78, 5) is 0. The second-order valence-electron chi connectivity index (χ2n) is 34.4. The highest BCUT2D eigenvalue weighted by Crippen LogP contribution is 2.60. The Hall–Kier alpha value is -1.98. The van der Waals surface area contributed by atoms with Gasteiger partial charge in [0.1, 0.15) is 0 Å². The lowest BCUT2D eigenvalue weighted by atomic mass is 9.80. The maximum Gasteiger partial charge on any atom is 0.211 e. The van der Waals surface area contributed by atoms with Crippen LogP contribution in [-0.2, 0) is 0 Å². The predicted molar refractivity (Wildman–Crippen MR) is 412 cm³/mol. The van der Waals surface area contributed by atoms with Crippen LogP contribution in [0.5, 0.6) is 34.5 Å². The van der Waals surface area contributed by atoms with Gasteiger partial charge in [0.25, 0.3) is 0 Å². The summed E-state index contributed by atoms with van der Waals surface area (Å²) in [6, 6.07) is 0. The lowest BCUT2D eigenvalue weighted by Gasteiger charge is -2.34. The third-order valence-corrected chi connectivity index (χ3v) is 26.1. The Morgan fingerprint density at radius 1 is 0.156 bits per heavy atom. The first-order chi connectivity index (χ1) is 47.4. The number of hydrogen-bond donors (Lipinski definition) is 0. The van der Waals surface area contributed by atoms with Crippen molar-refractivity contribution in [1.29, 1.82) is 0 Å². The molecule has 6 aliphatic carbocycles. The van der Waals surface area contributed by atoms with E-state index in [4.69, 9.17) is 28.4 Å². The Kier molecular flexibility index (Phi) is 43.4. The topological polar surface area (TPSA) is 55.4 Å². The van der Waals surface area contributed by atoms with Gasteiger partial charge >= 0.3 is 0 Å². The smallest absolute Gasteiger partial charge is 0.211 e. The second-order valence-corrected chi connectivity index (χ2v) is 34.4. The van der Waals surface area contributed by atoms with Crippen molar-refractivity contribution in [3.63, 3.8) is 0 Å². The lowest BCUT2D eigenvalue weighted by Crippen LogP contribution is -2.25. The van der Waals surface area contributed by atoms with Gasteiger partial charge in [-0.3, -0.25) is 0 Å². The largest absolute Gasteiger partial charge is 0.486 e. The zero-order chi connectivity index (χ0) is 67.3. The average molecular weight is 1340 g/mol. The number of rotatable bonds is 54. The number of hydrogen-bond acceptors (Lipinski definition) is 6. The van der Waals surface area contributed by atoms with Crippen molar-refractivity contribution >= 4 is 0 Å². The highest BCUT2D eigenvalue weighted by atomic mass is 16.6. The first-order valence-electron chi connectivity index (χ1n) is 44.4. The summed E-state index contributed by atoms with van der Waals surface area (Å²) in [7, 11) is 0. The fourth-order valence-electron chi connectivity index (χ4n) is 19.0. The summed E-state index contributed by atoms with van der Waals surface area (Å²) in [5.41, 5.74) is 0. The second kappa shape index (κ2) is 51.2. The summed E-state index contributed by atoms with van der Waals surface area (Å²) in [6.07, 6.45) is 80.7. The molecule has 0 bridgehead atoms. The van der Waals surface area contributed by atoms with Crippen molar-refractivity contribution < 1.29 is 28.4 Å². The van der Waals surface area contributed by atoms with E-state index in [0.717, 1.165) is 70.0 Å². The van der Waals surface area contributed by atoms with Gasteiger partial charge in [-0.2, -0.15) is 0 Å². The minimum atomic E-state index is 0.510. The van der Waals surface area contributed by atoms with E-state index in [1.165, 1.54) is 385 Å². The highest BCUT2D eigenvalue weighted by Gasteiger charge is 2.37. The molecule has 96 heavy (non-hydrogen) atoms. The van der Waals surface area contributed by atoms with E-state index in [1.807, 2.05) is 0 Å². The Labute approximate surface area is 597 Å². The average Bonchev–Trinajstić information content (AvgIpc) is 0.771. The molecule has 1 aromatic carbocycles. The van der Waals surface area contributed by atoms with Crippen molar-refractivity contribution in [3.05, 3.63) is 0 Å². The van der Waals surface area contributed by atoms with Crippen LogP contribution >= 0.6 is 0 Å². The van der Waals surface area contributed by atoms with Gasteiger partial charge in [-0.1, -0.05) is 350 Å². The minimum Gasteiger partial charge on any atom is -0.486 e. The van der Waals surface area contributed by atoms with Crippen LogP contribution in [0.3, 0.4) is 0 Å². The third-order valence-electron chi connectivity index (χ3n) is 26.1. The van der Waals surface area contributed by atoms with Gasteiger partial charge in [0.2, 0.25) is 34.5 Å². The Morgan fingerprint density at radius 3 is 0.396 bits per heavy atom. The van der Waals surface area contributed by atoms with Gasteiger partial charge < -0.3 is 28.4 Å². The molecular formula is C90H162O6. The first kappa shape index (κ1) is 81.3. The van der Waals surface area contributed by atoms with Gasteiger partial charge in [0, 0.05) is 0 Å². The van der Waals surface area contributed by atoms with E-state index in [-0.39, 0.29) is 0 Å². The van der Waals surface area contributed by atoms with Crippen molar-refractivity contribution in [1.82, 2.24) is 0 Å². The predicted octanol–water partition coefficient (Wildman–Crippen LogP) is 29.0. The van der Waals surface area contributed by atoms with E-state index < -0.39 is 0 Å². The highest BCUT2D eigenvalue weighted by molar-refractivity contribution is 5.74. The molecule has 0 unspecified atom stereocenters. The van der Waals surface area contributed by atoms with Crippen molar-refractivity contribution in [2.24, 2.45) is 71.0 Å². The number of benzene rings is 1. The zero-order valence-electron chi connectivity index (χ0n) is 65.0. The molecular weight excluding hydrogens is 1180 g/mol. The van der Waals surface area contributed by atoms with Crippen LogP contribution in [-0.4, -0.2) is 39.6 Å². The quantitative estimate of drug-likeness (QED) is 0.0606. The number of unbranched alkanes of at least 4 members (excludes halogenated alkanes) is 24. The van der Waals surface area contributed by atoms with E-state index in [9.17, 15) is 0 Å². The summed E-state index contributed by atoms with van der Waals surface area (Å²) in [6.45, 7) is 18.2. The molecule has 0 spiro atoms. The van der Waals surface area contributed by atoms with E-state index in [0.29, 0.717) is 75.1 Å². The molecule has 6 heteroatoms. The Bertz CT molecular complexity index is 1600. The molecule has 1 aromatic rings. The third kappa shape index (κ3) is 32.1. The van der Waals surface area contributed by atoms with Crippen LogP contribution in [0.15, 0.2) is 0 Å². The minimum absolute atomic E-state index is 0.510. The zero-order valence-corrected chi connectivity index (χ0v) is 65.0. The monoisotopic (exact) mass is 1340 g/mol. The first-order valence-corrected chi connectivity index (χ1v) is 44.4. The molecule has 0 amide bonds. The SMILES string of the molecule is CCCCCCCC1CCC(COc2c(OCC3CCC(CCCCCCC)CC3)c(OCC3CCC(CCCCCCC)CC3)c(OCC3CCC(CCCCCCC)CC3)c(OCC3CCC(CCCCCCC)CC3)c2OCC2CCC(CCCCCCC)CC2)CC1. The van der Waals surface area contributed by atoms with E-state index in [2.05, 4.69) is 41.5 Å². The molecule has 0 N–H and O–H groups in total. The standard InChI is InChI=1S/C90H162O6/c1-7-13-19-25-31-37-73-43-55-79(56-44-73)67-91-85-86(92-68-80-57-45-74(46-58-80)38-32-26-20-14-8-2)88(94-70-82-61-49-76(50-62-82)40-34-28-22-16-10-4)90(96-72-84-65-53-78(54-66-84)42-36-30-24-18-12-6)89(95-71-83-63-51-77(52-64-83)41-35-29-23-17-11-5)87(85)93-69-81-59-47-75(48-60-81)39-33-27-21-15-9-3/h73-84H,7-72H2,1-6H3. The molecule has 0 aromatic heterocycles. The Balaban J connectivity index is 1.24. The normalized spacial score (nSPS) is 26.6. The fourth-order valence-corrected chi connectivity index (χ4v) is 19.0. The molecule has 0 heterocycles. The molecule has 7 rings (SSSR count). The molecule has 6 fully saturated rings. The molecule has 0 atom stereocenters. The van der Waals surface area contributed by atoms with Gasteiger partial charge in [-0.25, -0.2) is 0 Å². The van der Waals surface area contributed by atoms with Gasteiger partial charge in [0.15, 0.2) is 0 Å². The van der Waals surface area contributed by atoms with E-state index in [1.54, 1.807) is 0 Å². The van der Waals surface area contributed by atoms with Gasteiger partial charge in [-0.05, 0) is 148 Å². The number of ether oxygens (including phenoxy) is 6. The maximum atomic E-state index is 7.69. The van der Waals surface area contributed by atoms with Crippen LogP contribution in [0.1, 0.15) is 427 Å². The van der Waals surface area contributed by atoms with Crippen LogP contribution in [0.4, 0.5) is 0 Å². The summed E-state index contributed by atoms with van der Waals surface area (Å²) in [5.74, 6) is 12.9. The summed E-state index contributed by atoms with van der Waals surface area (Å²) >= 11 is 0. The Morgan fingerprint density at radius 2 is 0.271 bits per heavy atom. The van der Waals surface area contributed by atoms with E-state index >= 15 is 0 Å². The lowest BCUT2D eigenvalue weighted by molar-refractivity contribution is 0.117. The molecule has 6 saturated carbocycles. The van der Waals surface area contributed by atoms with Crippen molar-refractivity contribution in [3.8, 4) is 34.5 Å². The molecule has 0 saturated heterocycles. The summed E-state index contributed by atoms with van der Waals surface area (Å²) < 4.78 is 46.2. The maximum absolute atomic E-state index is 7.69. The fraction of sp³-hybridized carbons (Fsp3) is 0.933. The van der Waals surface area contributed by atoms with Crippen molar-refractivity contribution in [2.75, 3.05) is 39.6 Å². The van der Waals surface area contributed by atoms with Crippen molar-refractivity contribution in [2.45, 2.75) is 427 Å². The van der Waals surface area contributed by atoms with Crippen LogP contribution in [0, 0.1) is 71.0 Å². The van der Waals surface area contributed by atoms with Crippen LogP contribution in [0.25, 0.3) is 0 Å². The van der Waals surface area contributed by atoms with Crippen LogP contribution in [0.2, 0.25) is 0 Å². The van der Waals surface area contributed by atoms with Gasteiger partial charge in [0.05, 0.1) is 39.6 Å². The molecule has 0 aliphatic heterocycles. The molecule has 0 radical (unpaired) electrons.